The van der Waals surface area contributed by atoms with Gasteiger partial charge in [-0.1, -0.05) is 250 Å². The van der Waals surface area contributed by atoms with E-state index in [9.17, 15) is 14.4 Å². The summed E-state index contributed by atoms with van der Waals surface area (Å²) in [6.45, 7) is 6.59. The van der Waals surface area contributed by atoms with Crippen LogP contribution in [0.4, 0.5) is 0 Å². The molecule has 6 heteroatoms. The van der Waals surface area contributed by atoms with Crippen LogP contribution in [0.15, 0.2) is 36.5 Å². The molecule has 0 aliphatic carbocycles. The van der Waals surface area contributed by atoms with E-state index in [0.29, 0.717) is 19.3 Å². The molecule has 0 aromatic rings. The number of carbonyl (C=O) groups is 3. The molecule has 0 spiro atoms. The molecular weight excluding hydrogens is 805 g/mol. The normalized spacial score (nSPS) is 12.2. The van der Waals surface area contributed by atoms with Crippen LogP contribution in [0.1, 0.15) is 303 Å². The summed E-state index contributed by atoms with van der Waals surface area (Å²) in [4.78, 5) is 38.0. The molecule has 0 aromatic heterocycles. The van der Waals surface area contributed by atoms with Crippen molar-refractivity contribution in [3.63, 3.8) is 0 Å². The van der Waals surface area contributed by atoms with Gasteiger partial charge in [-0.05, 0) is 70.6 Å². The number of ether oxygens (including phenoxy) is 3. The Morgan fingerprint density at radius 1 is 0.308 bits per heavy atom. The van der Waals surface area contributed by atoms with E-state index in [1.54, 1.807) is 0 Å². The van der Waals surface area contributed by atoms with Crippen LogP contribution in [-0.2, 0) is 28.6 Å². The summed E-state index contributed by atoms with van der Waals surface area (Å²) < 4.78 is 16.8. The van der Waals surface area contributed by atoms with Gasteiger partial charge >= 0.3 is 17.9 Å². The first kappa shape index (κ1) is 62.6. The second kappa shape index (κ2) is 54.2. The van der Waals surface area contributed by atoms with Crippen molar-refractivity contribution in [1.29, 1.82) is 0 Å². The van der Waals surface area contributed by atoms with Crippen LogP contribution in [0.5, 0.6) is 0 Å². The molecule has 380 valence electrons. The first-order chi connectivity index (χ1) is 32.0. The molecule has 0 N–H and O–H groups in total. The third kappa shape index (κ3) is 52.5. The average Bonchev–Trinajstić information content (AvgIpc) is 3.30. The minimum Gasteiger partial charge on any atom is -0.462 e. The van der Waals surface area contributed by atoms with Gasteiger partial charge in [0, 0.05) is 19.3 Å². The maximum absolute atomic E-state index is 12.8. The quantitative estimate of drug-likeness (QED) is 0.0262. The zero-order valence-corrected chi connectivity index (χ0v) is 43.5. The van der Waals surface area contributed by atoms with Crippen LogP contribution in [0, 0.1) is 0 Å². The maximum Gasteiger partial charge on any atom is 0.306 e. The van der Waals surface area contributed by atoms with Gasteiger partial charge in [-0.25, -0.2) is 0 Å². The summed E-state index contributed by atoms with van der Waals surface area (Å²) in [5.74, 6) is -0.886. The zero-order chi connectivity index (χ0) is 47.2. The standard InChI is InChI=1S/C59H108O6/c1-4-7-10-13-16-19-22-24-26-27-28-29-30-31-33-35-38-41-44-47-50-53-59(62)65-56(54-63-57(60)51-48-45-42-39-36-21-18-15-12-9-6-3)55-64-58(61)52-49-46-43-40-37-34-32-25-23-20-17-14-11-8-5-2/h15,17-18,20,25,32,56H,4-14,16,19,21-24,26-31,33-55H2,1-3H3/b18-15-,20-17-,32-25-/t56-/m0/s1. The fourth-order valence-corrected chi connectivity index (χ4v) is 8.28. The molecule has 6 nitrogen and oxygen atoms in total. The maximum atomic E-state index is 12.8. The summed E-state index contributed by atoms with van der Waals surface area (Å²) in [5, 5.41) is 0. The third-order valence-electron chi connectivity index (χ3n) is 12.6. The fourth-order valence-electron chi connectivity index (χ4n) is 8.28. The lowest BCUT2D eigenvalue weighted by molar-refractivity contribution is -0.167. The molecule has 0 fully saturated rings. The minimum absolute atomic E-state index is 0.0782. The minimum atomic E-state index is -0.778. The molecule has 0 saturated carbocycles. The predicted octanol–water partition coefficient (Wildman–Crippen LogP) is 18.9. The molecule has 0 bridgehead atoms. The molecule has 0 amide bonds. The van der Waals surface area contributed by atoms with Crippen LogP contribution in [0.25, 0.3) is 0 Å². The zero-order valence-electron chi connectivity index (χ0n) is 43.5. The second-order valence-corrected chi connectivity index (χ2v) is 19.2. The van der Waals surface area contributed by atoms with Gasteiger partial charge in [0.2, 0.25) is 0 Å². The van der Waals surface area contributed by atoms with Crippen molar-refractivity contribution in [2.45, 2.75) is 309 Å². The second-order valence-electron chi connectivity index (χ2n) is 19.2. The van der Waals surface area contributed by atoms with E-state index in [0.717, 1.165) is 83.5 Å². The summed E-state index contributed by atoms with van der Waals surface area (Å²) in [7, 11) is 0. The number of unbranched alkanes of at least 4 members (excludes halogenated alkanes) is 35. The van der Waals surface area contributed by atoms with E-state index in [2.05, 4.69) is 57.2 Å². The molecule has 0 aliphatic heterocycles. The lowest BCUT2D eigenvalue weighted by Gasteiger charge is -2.18. The monoisotopic (exact) mass is 913 g/mol. The Morgan fingerprint density at radius 2 is 0.569 bits per heavy atom. The van der Waals surface area contributed by atoms with Gasteiger partial charge in [-0.3, -0.25) is 14.4 Å². The number of allylic oxidation sites excluding steroid dienone is 6. The van der Waals surface area contributed by atoms with Crippen molar-refractivity contribution < 1.29 is 28.6 Å². The first-order valence-electron chi connectivity index (χ1n) is 28.5. The van der Waals surface area contributed by atoms with Crippen LogP contribution in [0.2, 0.25) is 0 Å². The van der Waals surface area contributed by atoms with E-state index in [1.807, 2.05) is 0 Å². The molecular formula is C59H108O6. The van der Waals surface area contributed by atoms with Crippen LogP contribution < -0.4 is 0 Å². The van der Waals surface area contributed by atoms with Gasteiger partial charge in [0.25, 0.3) is 0 Å². The molecule has 0 aliphatic rings. The highest BCUT2D eigenvalue weighted by atomic mass is 16.6. The smallest absolute Gasteiger partial charge is 0.306 e. The van der Waals surface area contributed by atoms with Crippen LogP contribution in [0.3, 0.4) is 0 Å². The Kier molecular flexibility index (Phi) is 52.3. The number of rotatable bonds is 52. The molecule has 0 heterocycles. The van der Waals surface area contributed by atoms with Crippen molar-refractivity contribution >= 4 is 17.9 Å². The van der Waals surface area contributed by atoms with Crippen LogP contribution >= 0.6 is 0 Å². The Balaban J connectivity index is 4.29. The van der Waals surface area contributed by atoms with E-state index in [-0.39, 0.29) is 31.1 Å². The number of esters is 3. The highest BCUT2D eigenvalue weighted by Gasteiger charge is 2.19. The number of hydrogen-bond donors (Lipinski definition) is 0. The lowest BCUT2D eigenvalue weighted by Crippen LogP contribution is -2.30. The summed E-state index contributed by atoms with van der Waals surface area (Å²) >= 11 is 0. The molecule has 0 unspecified atom stereocenters. The number of carbonyl (C=O) groups excluding carboxylic acids is 3. The lowest BCUT2D eigenvalue weighted by atomic mass is 10.0. The summed E-state index contributed by atoms with van der Waals surface area (Å²) in [6.07, 6.45) is 64.3. The van der Waals surface area contributed by atoms with Gasteiger partial charge in [-0.15, -0.1) is 0 Å². The predicted molar refractivity (Wildman–Crippen MR) is 279 cm³/mol. The van der Waals surface area contributed by atoms with Crippen LogP contribution in [-0.4, -0.2) is 37.2 Å². The van der Waals surface area contributed by atoms with Crippen molar-refractivity contribution in [1.82, 2.24) is 0 Å². The largest absolute Gasteiger partial charge is 0.462 e. The number of hydrogen-bond acceptors (Lipinski definition) is 6. The van der Waals surface area contributed by atoms with Crippen molar-refractivity contribution in [2.75, 3.05) is 13.2 Å². The van der Waals surface area contributed by atoms with E-state index in [4.69, 9.17) is 14.2 Å². The fraction of sp³-hybridized carbons (Fsp3) is 0.847. The van der Waals surface area contributed by atoms with Gasteiger partial charge in [0.1, 0.15) is 13.2 Å². The van der Waals surface area contributed by atoms with Gasteiger partial charge in [0.15, 0.2) is 6.10 Å². The molecule has 0 rings (SSSR count). The van der Waals surface area contributed by atoms with E-state index in [1.165, 1.54) is 180 Å². The Morgan fingerprint density at radius 3 is 0.938 bits per heavy atom. The Bertz CT molecular complexity index is 1090. The van der Waals surface area contributed by atoms with E-state index < -0.39 is 6.10 Å². The van der Waals surface area contributed by atoms with E-state index >= 15 is 0 Å². The summed E-state index contributed by atoms with van der Waals surface area (Å²) in [5.41, 5.74) is 0. The summed E-state index contributed by atoms with van der Waals surface area (Å²) in [6, 6.07) is 0. The molecule has 1 atom stereocenters. The highest BCUT2D eigenvalue weighted by Crippen LogP contribution is 2.17. The van der Waals surface area contributed by atoms with Gasteiger partial charge in [-0.2, -0.15) is 0 Å². The Hall–Kier alpha value is -2.37. The topological polar surface area (TPSA) is 78.9 Å². The molecule has 0 radical (unpaired) electrons. The van der Waals surface area contributed by atoms with Gasteiger partial charge in [0.05, 0.1) is 0 Å². The molecule has 0 aromatic carbocycles. The van der Waals surface area contributed by atoms with Gasteiger partial charge < -0.3 is 14.2 Å². The Labute approximate surface area is 404 Å². The van der Waals surface area contributed by atoms with Crippen molar-refractivity contribution in [3.05, 3.63) is 36.5 Å². The average molecular weight is 914 g/mol. The molecule has 65 heavy (non-hydrogen) atoms. The van der Waals surface area contributed by atoms with Crippen molar-refractivity contribution in [3.8, 4) is 0 Å². The SMILES string of the molecule is CCCC/C=C\CCCCCCCC(=O)OC[C@@H](COC(=O)CCCCCCC/C=C\C/C=C\CCCCC)OC(=O)CCCCCCCCCCCCCCCCCCCCCCC. The van der Waals surface area contributed by atoms with Crippen molar-refractivity contribution in [2.24, 2.45) is 0 Å². The third-order valence-corrected chi connectivity index (χ3v) is 12.6. The molecule has 0 saturated heterocycles. The highest BCUT2D eigenvalue weighted by molar-refractivity contribution is 5.71. The first-order valence-corrected chi connectivity index (χ1v) is 28.5.